The highest BCUT2D eigenvalue weighted by Gasteiger charge is 2.09. The first kappa shape index (κ1) is 19.6. The number of ether oxygens (including phenoxy) is 3. The maximum Gasteiger partial charge on any atom is 0.343 e. The number of methoxy groups -OCH3 is 1. The highest BCUT2D eigenvalue weighted by Crippen LogP contribution is 2.28. The zero-order valence-corrected chi connectivity index (χ0v) is 14.7. The van der Waals surface area contributed by atoms with Crippen molar-refractivity contribution >= 4 is 23.7 Å². The van der Waals surface area contributed by atoms with Crippen LogP contribution in [0.15, 0.2) is 41.6 Å². The van der Waals surface area contributed by atoms with Crippen LogP contribution < -0.4 is 14.9 Å². The molecule has 10 heteroatoms. The van der Waals surface area contributed by atoms with E-state index < -0.39 is 10.9 Å². The van der Waals surface area contributed by atoms with Crippen LogP contribution in [0.1, 0.15) is 12.5 Å². The van der Waals surface area contributed by atoms with Crippen molar-refractivity contribution in [2.75, 3.05) is 25.7 Å². The molecule has 1 heterocycles. The van der Waals surface area contributed by atoms with E-state index in [1.54, 1.807) is 18.2 Å². The van der Waals surface area contributed by atoms with Gasteiger partial charge in [0.15, 0.2) is 18.1 Å². The molecule has 2 aromatic rings. The van der Waals surface area contributed by atoms with Crippen LogP contribution in [-0.4, -0.2) is 42.4 Å². The van der Waals surface area contributed by atoms with E-state index in [9.17, 15) is 14.9 Å². The number of carbonyl (C=O) groups excluding carboxylic acids is 1. The number of aromatic nitrogens is 1. The second-order valence-electron chi connectivity index (χ2n) is 5.03. The third-order valence-corrected chi connectivity index (χ3v) is 3.19. The van der Waals surface area contributed by atoms with Crippen LogP contribution in [0.3, 0.4) is 0 Å². The number of hydrogen-bond acceptors (Lipinski definition) is 9. The lowest BCUT2D eigenvalue weighted by atomic mass is 10.2. The predicted octanol–water partition coefficient (Wildman–Crippen LogP) is 2.39. The van der Waals surface area contributed by atoms with Crippen LogP contribution in [0.4, 0.5) is 11.5 Å². The number of anilines is 1. The summed E-state index contributed by atoms with van der Waals surface area (Å²) in [6.45, 7) is 2.02. The molecule has 10 nitrogen and oxygen atoms in total. The van der Waals surface area contributed by atoms with Gasteiger partial charge >= 0.3 is 5.97 Å². The van der Waals surface area contributed by atoms with Crippen molar-refractivity contribution in [3.8, 4) is 11.5 Å². The fourth-order valence-electron chi connectivity index (χ4n) is 1.92. The van der Waals surface area contributed by atoms with Gasteiger partial charge < -0.3 is 14.2 Å². The molecule has 0 aliphatic heterocycles. The predicted molar refractivity (Wildman–Crippen MR) is 97.2 cm³/mol. The summed E-state index contributed by atoms with van der Waals surface area (Å²) in [6, 6.07) is 7.85. The van der Waals surface area contributed by atoms with E-state index in [1.807, 2.05) is 6.92 Å². The van der Waals surface area contributed by atoms with Gasteiger partial charge in [-0.1, -0.05) is 0 Å². The lowest BCUT2D eigenvalue weighted by Gasteiger charge is -2.11. The number of nitrogens with zero attached hydrogens (tertiary/aromatic N) is 3. The fourth-order valence-corrected chi connectivity index (χ4v) is 1.92. The molecule has 27 heavy (non-hydrogen) atoms. The van der Waals surface area contributed by atoms with E-state index in [2.05, 4.69) is 20.2 Å². The summed E-state index contributed by atoms with van der Waals surface area (Å²) in [5.74, 6) is 0.728. The first-order valence-electron chi connectivity index (χ1n) is 7.89. The zero-order chi connectivity index (χ0) is 19.6. The van der Waals surface area contributed by atoms with Crippen LogP contribution in [0.5, 0.6) is 11.5 Å². The van der Waals surface area contributed by atoms with Crippen molar-refractivity contribution in [1.29, 1.82) is 0 Å². The van der Waals surface area contributed by atoms with Crippen molar-refractivity contribution in [3.05, 3.63) is 52.2 Å². The first-order chi connectivity index (χ1) is 13.0. The number of rotatable bonds is 9. The molecule has 0 saturated carbocycles. The van der Waals surface area contributed by atoms with Gasteiger partial charge in [0, 0.05) is 6.07 Å². The van der Waals surface area contributed by atoms with Gasteiger partial charge in [0.25, 0.3) is 5.69 Å². The van der Waals surface area contributed by atoms with E-state index >= 15 is 0 Å². The number of carbonyl (C=O) groups is 1. The molecule has 1 N–H and O–H groups in total. The molecule has 142 valence electrons. The van der Waals surface area contributed by atoms with Gasteiger partial charge in [0.05, 0.1) is 24.9 Å². The molecule has 0 radical (unpaired) electrons. The minimum absolute atomic E-state index is 0.103. The minimum Gasteiger partial charge on any atom is -0.490 e. The Morgan fingerprint density at radius 3 is 2.74 bits per heavy atom. The molecule has 0 unspecified atom stereocenters. The van der Waals surface area contributed by atoms with Crippen molar-refractivity contribution in [2.24, 2.45) is 5.10 Å². The Morgan fingerprint density at radius 1 is 1.30 bits per heavy atom. The summed E-state index contributed by atoms with van der Waals surface area (Å²) >= 11 is 0. The van der Waals surface area contributed by atoms with Crippen LogP contribution in [0, 0.1) is 10.1 Å². The van der Waals surface area contributed by atoms with Gasteiger partial charge in [0.1, 0.15) is 12.0 Å². The van der Waals surface area contributed by atoms with E-state index in [-0.39, 0.29) is 12.3 Å². The number of nitrogens with one attached hydrogen (secondary N) is 1. The topological polar surface area (TPSA) is 125 Å². The zero-order valence-electron chi connectivity index (χ0n) is 14.7. The Balaban J connectivity index is 2.04. The lowest BCUT2D eigenvalue weighted by Crippen LogP contribution is -2.13. The van der Waals surface area contributed by atoms with E-state index in [4.69, 9.17) is 9.47 Å². The second kappa shape index (κ2) is 9.70. The van der Waals surface area contributed by atoms with Crippen LogP contribution in [0.25, 0.3) is 0 Å². The Kier molecular flexibility index (Phi) is 7.06. The summed E-state index contributed by atoms with van der Waals surface area (Å²) in [7, 11) is 1.28. The number of benzene rings is 1. The molecule has 1 aromatic carbocycles. The third kappa shape index (κ3) is 5.96. The maximum absolute atomic E-state index is 11.2. The molecule has 0 aliphatic rings. The van der Waals surface area contributed by atoms with Gasteiger partial charge in [-0.15, -0.1) is 0 Å². The highest BCUT2D eigenvalue weighted by molar-refractivity contribution is 5.81. The third-order valence-electron chi connectivity index (χ3n) is 3.19. The summed E-state index contributed by atoms with van der Waals surface area (Å²) in [4.78, 5) is 25.1. The first-order valence-corrected chi connectivity index (χ1v) is 7.89. The quantitative estimate of drug-likeness (QED) is 0.307. The van der Waals surface area contributed by atoms with Crippen molar-refractivity contribution in [2.45, 2.75) is 6.92 Å². The molecular weight excluding hydrogens is 356 g/mol. The standard InChI is InChI=1S/C17H18N4O6/c1-3-26-15-8-12(4-6-14(15)27-11-17(22)25-2)9-19-20-16-7-5-13(10-18-16)21(23)24/h4-10H,3,11H2,1-2H3,(H,18,20)/b19-9+. The van der Waals surface area contributed by atoms with Crippen molar-refractivity contribution < 1.29 is 23.9 Å². The molecule has 2 rings (SSSR count). The van der Waals surface area contributed by atoms with Crippen LogP contribution >= 0.6 is 0 Å². The van der Waals surface area contributed by atoms with Crippen molar-refractivity contribution in [1.82, 2.24) is 4.98 Å². The summed E-state index contributed by atoms with van der Waals surface area (Å²) < 4.78 is 15.4. The minimum atomic E-state index is -0.529. The maximum atomic E-state index is 11.2. The van der Waals surface area contributed by atoms with Gasteiger partial charge in [-0.25, -0.2) is 9.78 Å². The average Bonchev–Trinajstić information content (AvgIpc) is 2.67. The number of pyridine rings is 1. The SMILES string of the molecule is CCOc1cc(/C=N/Nc2ccc([N+](=O)[O-])cn2)ccc1OCC(=O)OC. The Bertz CT molecular complexity index is 823. The second-order valence-corrected chi connectivity index (χ2v) is 5.03. The van der Waals surface area contributed by atoms with Gasteiger partial charge in [0.2, 0.25) is 0 Å². The van der Waals surface area contributed by atoms with E-state index in [0.29, 0.717) is 29.5 Å². The average molecular weight is 374 g/mol. The summed E-state index contributed by atoms with van der Waals surface area (Å²) in [5, 5.41) is 14.6. The van der Waals surface area contributed by atoms with Crippen molar-refractivity contribution in [3.63, 3.8) is 0 Å². The summed E-state index contributed by atoms with van der Waals surface area (Å²) in [6.07, 6.45) is 2.66. The largest absolute Gasteiger partial charge is 0.490 e. The number of nitro groups is 1. The van der Waals surface area contributed by atoms with Gasteiger partial charge in [-0.2, -0.15) is 5.10 Å². The molecular formula is C17H18N4O6. The highest BCUT2D eigenvalue weighted by atomic mass is 16.6. The smallest absolute Gasteiger partial charge is 0.343 e. The molecule has 0 fully saturated rings. The Hall–Kier alpha value is -3.69. The lowest BCUT2D eigenvalue weighted by molar-refractivity contribution is -0.385. The van der Waals surface area contributed by atoms with Crippen LogP contribution in [-0.2, 0) is 9.53 Å². The number of hydrazone groups is 1. The van der Waals surface area contributed by atoms with E-state index in [1.165, 1.54) is 25.5 Å². The monoisotopic (exact) mass is 374 g/mol. The fraction of sp³-hybridized carbons (Fsp3) is 0.235. The molecule has 0 aliphatic carbocycles. The number of hydrogen-bond donors (Lipinski definition) is 1. The molecule has 0 amide bonds. The number of esters is 1. The van der Waals surface area contributed by atoms with Gasteiger partial charge in [-0.3, -0.25) is 15.5 Å². The van der Waals surface area contributed by atoms with Gasteiger partial charge in [-0.05, 0) is 36.8 Å². The Labute approximate surface area is 154 Å². The van der Waals surface area contributed by atoms with Crippen LogP contribution in [0.2, 0.25) is 0 Å². The molecule has 1 aromatic heterocycles. The normalized spacial score (nSPS) is 10.4. The summed E-state index contributed by atoms with van der Waals surface area (Å²) in [5.41, 5.74) is 3.28. The molecule has 0 saturated heterocycles. The van der Waals surface area contributed by atoms with E-state index in [0.717, 1.165) is 6.20 Å². The Morgan fingerprint density at radius 2 is 2.11 bits per heavy atom. The molecule has 0 atom stereocenters. The molecule has 0 bridgehead atoms. The molecule has 0 spiro atoms.